The number of rotatable bonds is 7. The number of aryl methyl sites for hydroxylation is 2. The van der Waals surface area contributed by atoms with Crippen LogP contribution in [0.1, 0.15) is 34.1 Å². The maximum atomic E-state index is 13.6. The van der Waals surface area contributed by atoms with Crippen LogP contribution in [-0.2, 0) is 6.54 Å². The number of ether oxygens (including phenoxy) is 1. The number of fused-ring (bicyclic) bond motifs is 1. The van der Waals surface area contributed by atoms with Crippen molar-refractivity contribution in [3.05, 3.63) is 111 Å². The summed E-state index contributed by atoms with van der Waals surface area (Å²) < 4.78 is 7.18. The van der Waals surface area contributed by atoms with Crippen LogP contribution in [0, 0.1) is 13.8 Å². The van der Waals surface area contributed by atoms with E-state index in [2.05, 4.69) is 74.5 Å². The predicted molar refractivity (Wildman–Crippen MR) is 156 cm³/mol. The van der Waals surface area contributed by atoms with Gasteiger partial charge in [-0.25, -0.2) is 4.68 Å². The van der Waals surface area contributed by atoms with E-state index in [4.69, 9.17) is 4.74 Å². The van der Waals surface area contributed by atoms with Gasteiger partial charge in [0.25, 0.3) is 5.56 Å². The number of methoxy groups -OCH3 is 1. The molecule has 3 heterocycles. The van der Waals surface area contributed by atoms with E-state index in [1.807, 2.05) is 47.1 Å². The van der Waals surface area contributed by atoms with Gasteiger partial charge in [-0.05, 0) is 70.6 Å². The second kappa shape index (κ2) is 10.9. The molecule has 1 atom stereocenters. The van der Waals surface area contributed by atoms with E-state index in [-0.39, 0.29) is 5.56 Å². The highest BCUT2D eigenvalue weighted by Gasteiger charge is 2.33. The smallest absolute Gasteiger partial charge is 0.253 e. The van der Waals surface area contributed by atoms with Crippen LogP contribution in [0.4, 0.5) is 5.69 Å². The lowest BCUT2D eigenvalue weighted by Gasteiger charge is -2.40. The maximum absolute atomic E-state index is 13.6. The molecule has 3 aromatic carbocycles. The summed E-state index contributed by atoms with van der Waals surface area (Å²) in [6.45, 7) is 8.00. The van der Waals surface area contributed by atoms with E-state index in [1.54, 1.807) is 7.11 Å². The molecule has 0 saturated carbocycles. The number of anilines is 1. The zero-order valence-corrected chi connectivity index (χ0v) is 23.0. The first-order valence-corrected chi connectivity index (χ1v) is 13.6. The van der Waals surface area contributed by atoms with E-state index in [1.165, 1.54) is 16.8 Å². The van der Waals surface area contributed by atoms with Crippen LogP contribution in [-0.4, -0.2) is 63.4 Å². The van der Waals surface area contributed by atoms with Gasteiger partial charge in [0.2, 0.25) is 0 Å². The minimum atomic E-state index is -0.408. The molecule has 9 nitrogen and oxygen atoms in total. The fraction of sp³-hybridized carbons (Fsp3) is 0.290. The molecule has 9 heteroatoms. The molecular weight excluding hydrogens is 502 g/mol. The number of piperazine rings is 1. The number of H-pyrrole nitrogens is 1. The molecule has 0 aliphatic carbocycles. The Morgan fingerprint density at radius 3 is 2.52 bits per heavy atom. The lowest BCUT2D eigenvalue weighted by Crippen LogP contribution is -2.49. The molecule has 1 N–H and O–H groups in total. The SMILES string of the molecule is COc1ccc2cc(C(c3nnnn3Cc3ccccc3)N3CCN(c4cc(C)ccc4C)CC3)c(=O)[nH]c2c1. The summed E-state index contributed by atoms with van der Waals surface area (Å²) in [5, 5.41) is 13.8. The molecule has 0 spiro atoms. The van der Waals surface area contributed by atoms with Gasteiger partial charge in [-0.15, -0.1) is 5.10 Å². The van der Waals surface area contributed by atoms with Gasteiger partial charge in [0.05, 0.1) is 19.2 Å². The van der Waals surface area contributed by atoms with Gasteiger partial charge in [-0.2, -0.15) is 0 Å². The normalized spacial score (nSPS) is 14.9. The molecule has 2 aromatic heterocycles. The number of aromatic amines is 1. The van der Waals surface area contributed by atoms with Crippen molar-refractivity contribution in [1.82, 2.24) is 30.1 Å². The summed E-state index contributed by atoms with van der Waals surface area (Å²) >= 11 is 0. The highest BCUT2D eigenvalue weighted by atomic mass is 16.5. The number of hydrogen-bond acceptors (Lipinski definition) is 7. The summed E-state index contributed by atoms with van der Waals surface area (Å²) in [5.74, 6) is 1.35. The third kappa shape index (κ3) is 5.08. The van der Waals surface area contributed by atoms with Crippen molar-refractivity contribution in [3.8, 4) is 5.75 Å². The van der Waals surface area contributed by atoms with Crippen molar-refractivity contribution in [3.63, 3.8) is 0 Å². The molecule has 204 valence electrons. The lowest BCUT2D eigenvalue weighted by molar-refractivity contribution is 0.200. The van der Waals surface area contributed by atoms with Gasteiger partial charge < -0.3 is 14.6 Å². The third-order valence-corrected chi connectivity index (χ3v) is 7.74. The average molecular weight is 536 g/mol. The second-order valence-electron chi connectivity index (χ2n) is 10.4. The average Bonchev–Trinajstić information content (AvgIpc) is 3.42. The van der Waals surface area contributed by atoms with Gasteiger partial charge >= 0.3 is 0 Å². The van der Waals surface area contributed by atoms with Crippen molar-refractivity contribution in [2.75, 3.05) is 38.2 Å². The van der Waals surface area contributed by atoms with E-state index >= 15 is 0 Å². The Morgan fingerprint density at radius 2 is 1.75 bits per heavy atom. The molecule has 1 aliphatic heterocycles. The van der Waals surface area contributed by atoms with Crippen LogP contribution in [0.3, 0.4) is 0 Å². The van der Waals surface area contributed by atoms with Crippen molar-refractivity contribution in [2.24, 2.45) is 0 Å². The van der Waals surface area contributed by atoms with Gasteiger partial charge in [0.15, 0.2) is 5.82 Å². The van der Waals surface area contributed by atoms with Crippen molar-refractivity contribution < 1.29 is 4.74 Å². The number of nitrogens with zero attached hydrogens (tertiary/aromatic N) is 6. The number of benzene rings is 3. The van der Waals surface area contributed by atoms with Crippen LogP contribution >= 0.6 is 0 Å². The number of aromatic nitrogens is 5. The fourth-order valence-corrected chi connectivity index (χ4v) is 5.58. The third-order valence-electron chi connectivity index (χ3n) is 7.74. The standard InChI is InChI=1S/C31H33N7O2/c1-21-9-10-22(2)28(17-21)36-13-15-37(16-14-36)29(30-33-34-35-38(30)20-23-7-5-4-6-8-23)26-18-24-11-12-25(40-3)19-27(24)32-31(26)39/h4-12,17-19,29H,13-16,20H2,1-3H3,(H,32,39). The Balaban J connectivity index is 1.38. The molecule has 5 aromatic rings. The quantitative estimate of drug-likeness (QED) is 0.336. The predicted octanol–water partition coefficient (Wildman–Crippen LogP) is 4.10. The van der Waals surface area contributed by atoms with Crippen molar-refractivity contribution in [1.29, 1.82) is 0 Å². The molecule has 1 aliphatic rings. The Morgan fingerprint density at radius 1 is 0.950 bits per heavy atom. The molecule has 0 amide bonds. The van der Waals surface area contributed by atoms with Crippen LogP contribution in [0.2, 0.25) is 0 Å². The molecule has 1 saturated heterocycles. The largest absolute Gasteiger partial charge is 0.497 e. The summed E-state index contributed by atoms with van der Waals surface area (Å²) in [4.78, 5) is 21.5. The summed E-state index contributed by atoms with van der Waals surface area (Å²) in [6.07, 6.45) is 0. The van der Waals surface area contributed by atoms with Gasteiger partial charge in [-0.3, -0.25) is 9.69 Å². The minimum absolute atomic E-state index is 0.156. The fourth-order valence-electron chi connectivity index (χ4n) is 5.58. The number of pyridine rings is 1. The first kappa shape index (κ1) is 25.8. The van der Waals surface area contributed by atoms with Crippen LogP contribution in [0.5, 0.6) is 5.75 Å². The zero-order chi connectivity index (χ0) is 27.6. The van der Waals surface area contributed by atoms with Gasteiger partial charge in [-0.1, -0.05) is 42.5 Å². The Bertz CT molecular complexity index is 1690. The van der Waals surface area contributed by atoms with E-state index in [9.17, 15) is 4.79 Å². The van der Waals surface area contributed by atoms with Crippen LogP contribution < -0.4 is 15.2 Å². The summed E-state index contributed by atoms with van der Waals surface area (Å²) in [5.41, 5.74) is 6.08. The van der Waals surface area contributed by atoms with E-state index in [0.29, 0.717) is 23.7 Å². The molecule has 0 bridgehead atoms. The molecule has 0 radical (unpaired) electrons. The van der Waals surface area contributed by atoms with E-state index in [0.717, 1.165) is 42.6 Å². The molecule has 1 fully saturated rings. The monoisotopic (exact) mass is 535 g/mol. The zero-order valence-electron chi connectivity index (χ0n) is 23.0. The van der Waals surface area contributed by atoms with Gasteiger partial charge in [0.1, 0.15) is 11.8 Å². The Labute approximate surface area is 233 Å². The first-order chi connectivity index (χ1) is 19.5. The number of tetrazole rings is 1. The Kier molecular flexibility index (Phi) is 7.04. The topological polar surface area (TPSA) is 92.2 Å². The highest BCUT2D eigenvalue weighted by molar-refractivity contribution is 5.80. The van der Waals surface area contributed by atoms with Gasteiger partial charge in [0, 0.05) is 43.5 Å². The first-order valence-electron chi connectivity index (χ1n) is 13.6. The molecular formula is C31H33N7O2. The van der Waals surface area contributed by atoms with Crippen LogP contribution in [0.15, 0.2) is 77.6 Å². The highest BCUT2D eigenvalue weighted by Crippen LogP contribution is 2.31. The molecule has 40 heavy (non-hydrogen) atoms. The van der Waals surface area contributed by atoms with Crippen LogP contribution in [0.25, 0.3) is 10.9 Å². The maximum Gasteiger partial charge on any atom is 0.253 e. The van der Waals surface area contributed by atoms with E-state index < -0.39 is 6.04 Å². The number of nitrogens with one attached hydrogen (secondary N) is 1. The van der Waals surface area contributed by atoms with Crippen molar-refractivity contribution in [2.45, 2.75) is 26.4 Å². The van der Waals surface area contributed by atoms with Crippen molar-refractivity contribution >= 4 is 16.6 Å². The Hall–Kier alpha value is -4.50. The number of hydrogen-bond donors (Lipinski definition) is 1. The lowest BCUT2D eigenvalue weighted by atomic mass is 10.0. The molecule has 6 rings (SSSR count). The molecule has 1 unspecified atom stereocenters. The minimum Gasteiger partial charge on any atom is -0.497 e. The summed E-state index contributed by atoms with van der Waals surface area (Å²) in [7, 11) is 1.62. The second-order valence-corrected chi connectivity index (χ2v) is 10.4. The summed E-state index contributed by atoms with van der Waals surface area (Å²) in [6, 6.07) is 24.0.